The van der Waals surface area contributed by atoms with Crippen LogP contribution in [0.1, 0.15) is 21.1 Å². The maximum atomic E-state index is 13.0. The fourth-order valence-corrected chi connectivity index (χ4v) is 3.05. The molecule has 1 aromatic carbocycles. The van der Waals surface area contributed by atoms with Crippen molar-refractivity contribution in [1.82, 2.24) is 4.98 Å². The Morgan fingerprint density at radius 2 is 2.05 bits per heavy atom. The van der Waals surface area contributed by atoms with Gasteiger partial charge in [-0.2, -0.15) is 13.2 Å². The monoisotopic (exact) mass is 348 g/mol. The number of amides is 1. The second-order valence-electron chi connectivity index (χ2n) is 4.65. The summed E-state index contributed by atoms with van der Waals surface area (Å²) < 4.78 is 38.9. The van der Waals surface area contributed by atoms with Crippen LogP contribution in [-0.4, -0.2) is 10.9 Å². The highest BCUT2D eigenvalue weighted by atomic mass is 35.5. The third-order valence-corrected chi connectivity index (χ3v) is 4.19. The number of carbonyl (C=O) groups excluding carboxylic acids is 1. The van der Waals surface area contributed by atoms with E-state index in [2.05, 4.69) is 10.3 Å². The van der Waals surface area contributed by atoms with Crippen molar-refractivity contribution in [3.05, 3.63) is 44.4 Å². The number of anilines is 1. The zero-order valence-corrected chi connectivity index (χ0v) is 13.3. The summed E-state index contributed by atoms with van der Waals surface area (Å²) >= 11 is 6.94. The Morgan fingerprint density at radius 1 is 1.36 bits per heavy atom. The molecule has 0 aliphatic rings. The van der Waals surface area contributed by atoms with Gasteiger partial charge in [0.15, 0.2) is 0 Å². The molecule has 1 aromatic heterocycles. The number of alkyl halides is 3. The molecule has 0 atom stereocenters. The Labute approximate surface area is 134 Å². The van der Waals surface area contributed by atoms with Crippen molar-refractivity contribution in [3.63, 3.8) is 0 Å². The van der Waals surface area contributed by atoms with Crippen LogP contribution in [0.3, 0.4) is 0 Å². The maximum Gasteiger partial charge on any atom is 0.418 e. The van der Waals surface area contributed by atoms with E-state index in [1.54, 1.807) is 13.8 Å². The van der Waals surface area contributed by atoms with Gasteiger partial charge in [0, 0.05) is 9.90 Å². The van der Waals surface area contributed by atoms with E-state index in [0.29, 0.717) is 5.69 Å². The van der Waals surface area contributed by atoms with Crippen LogP contribution in [0.4, 0.5) is 18.9 Å². The van der Waals surface area contributed by atoms with Gasteiger partial charge in [0.05, 0.1) is 28.4 Å². The summed E-state index contributed by atoms with van der Waals surface area (Å²) in [5, 5.41) is 3.06. The van der Waals surface area contributed by atoms with Gasteiger partial charge in [0.25, 0.3) is 0 Å². The summed E-state index contributed by atoms with van der Waals surface area (Å²) in [7, 11) is 0. The highest BCUT2D eigenvalue weighted by Crippen LogP contribution is 2.36. The van der Waals surface area contributed by atoms with Crippen molar-refractivity contribution in [2.24, 2.45) is 0 Å². The molecule has 0 aliphatic carbocycles. The van der Waals surface area contributed by atoms with Crippen molar-refractivity contribution in [3.8, 4) is 0 Å². The Morgan fingerprint density at radius 3 is 2.59 bits per heavy atom. The molecule has 0 saturated carbocycles. The van der Waals surface area contributed by atoms with Crippen molar-refractivity contribution >= 4 is 34.5 Å². The zero-order valence-electron chi connectivity index (χ0n) is 11.7. The van der Waals surface area contributed by atoms with E-state index >= 15 is 0 Å². The largest absolute Gasteiger partial charge is 0.418 e. The number of nitrogens with zero attached hydrogens (tertiary/aromatic N) is 1. The molecule has 0 unspecified atom stereocenters. The first-order valence-electron chi connectivity index (χ1n) is 6.26. The average Bonchev–Trinajstić information content (AvgIpc) is 2.68. The van der Waals surface area contributed by atoms with Crippen LogP contribution in [0, 0.1) is 13.8 Å². The normalized spacial score (nSPS) is 11.5. The Bertz CT molecular complexity index is 713. The van der Waals surface area contributed by atoms with Crippen LogP contribution >= 0.6 is 22.9 Å². The first kappa shape index (κ1) is 16.8. The summed E-state index contributed by atoms with van der Waals surface area (Å²) in [5.74, 6) is -0.528. The number of rotatable bonds is 3. The van der Waals surface area contributed by atoms with Gasteiger partial charge < -0.3 is 5.32 Å². The summed E-state index contributed by atoms with van der Waals surface area (Å²) in [4.78, 5) is 16.9. The third kappa shape index (κ3) is 3.98. The number of carbonyl (C=O) groups is 1. The number of halogens is 4. The van der Waals surface area contributed by atoms with E-state index in [-0.39, 0.29) is 17.1 Å². The quantitative estimate of drug-likeness (QED) is 0.879. The van der Waals surface area contributed by atoms with Crippen molar-refractivity contribution in [2.45, 2.75) is 26.4 Å². The molecule has 1 N–H and O–H groups in total. The smallest absolute Gasteiger partial charge is 0.325 e. The zero-order chi connectivity index (χ0) is 16.5. The van der Waals surface area contributed by atoms with E-state index in [1.807, 2.05) is 0 Å². The van der Waals surface area contributed by atoms with Crippen molar-refractivity contribution in [2.75, 3.05) is 5.32 Å². The molecule has 2 aromatic rings. The minimum absolute atomic E-state index is 0.0166. The lowest BCUT2D eigenvalue weighted by molar-refractivity contribution is -0.137. The number of aromatic nitrogens is 1. The summed E-state index contributed by atoms with van der Waals surface area (Å²) in [6.45, 7) is 3.57. The maximum absolute atomic E-state index is 13.0. The number of hydrogen-bond acceptors (Lipinski definition) is 3. The fourth-order valence-electron chi connectivity index (χ4n) is 1.94. The molecule has 1 heterocycles. The first-order chi connectivity index (χ1) is 10.2. The average molecular weight is 349 g/mol. The summed E-state index contributed by atoms with van der Waals surface area (Å²) in [5.41, 5.74) is -0.559. The van der Waals surface area contributed by atoms with Crippen LogP contribution in [0.25, 0.3) is 0 Å². The minimum atomic E-state index is -4.59. The van der Waals surface area contributed by atoms with Gasteiger partial charge in [0.2, 0.25) is 5.91 Å². The van der Waals surface area contributed by atoms with Crippen LogP contribution < -0.4 is 5.32 Å². The number of thiazole rings is 1. The highest BCUT2D eigenvalue weighted by molar-refractivity contribution is 7.11. The molecule has 0 fully saturated rings. The summed E-state index contributed by atoms with van der Waals surface area (Å²) in [6.07, 6.45) is -4.61. The first-order valence-corrected chi connectivity index (χ1v) is 7.46. The van der Waals surface area contributed by atoms with Gasteiger partial charge in [-0.25, -0.2) is 4.98 Å². The fraction of sp³-hybridized carbons (Fsp3) is 0.286. The van der Waals surface area contributed by atoms with Gasteiger partial charge in [-0.1, -0.05) is 11.6 Å². The van der Waals surface area contributed by atoms with Crippen LogP contribution in [-0.2, 0) is 17.4 Å². The molecule has 2 rings (SSSR count). The van der Waals surface area contributed by atoms with Crippen molar-refractivity contribution < 1.29 is 18.0 Å². The minimum Gasteiger partial charge on any atom is -0.325 e. The molecule has 0 bridgehead atoms. The number of benzene rings is 1. The van der Waals surface area contributed by atoms with E-state index in [1.165, 1.54) is 17.4 Å². The molecule has 8 heteroatoms. The van der Waals surface area contributed by atoms with Gasteiger partial charge in [-0.05, 0) is 32.0 Å². The molecule has 22 heavy (non-hydrogen) atoms. The van der Waals surface area contributed by atoms with Crippen LogP contribution in [0.2, 0.25) is 5.02 Å². The van der Waals surface area contributed by atoms with E-state index < -0.39 is 17.6 Å². The molecule has 118 valence electrons. The molecular weight excluding hydrogens is 337 g/mol. The predicted octanol–water partition coefficient (Wildman–Crippen LogP) is 4.61. The number of aryl methyl sites for hydroxylation is 2. The molecule has 0 spiro atoms. The second kappa shape index (κ2) is 6.26. The molecule has 0 saturated heterocycles. The second-order valence-corrected chi connectivity index (χ2v) is 6.38. The molecule has 1 amide bonds. The Balaban J connectivity index is 2.20. The van der Waals surface area contributed by atoms with Crippen molar-refractivity contribution in [1.29, 1.82) is 0 Å². The molecule has 0 aliphatic heterocycles. The number of hydrogen-bond donors (Lipinski definition) is 1. The lowest BCUT2D eigenvalue weighted by atomic mass is 10.1. The number of nitrogens with one attached hydrogen (secondary N) is 1. The van der Waals surface area contributed by atoms with Gasteiger partial charge in [-0.3, -0.25) is 4.79 Å². The molecule has 3 nitrogen and oxygen atoms in total. The molecule has 0 radical (unpaired) electrons. The van der Waals surface area contributed by atoms with E-state index in [4.69, 9.17) is 11.6 Å². The van der Waals surface area contributed by atoms with E-state index in [0.717, 1.165) is 22.0 Å². The van der Waals surface area contributed by atoms with Gasteiger partial charge in [0.1, 0.15) is 0 Å². The summed E-state index contributed by atoms with van der Waals surface area (Å²) in [6, 6.07) is 3.24. The van der Waals surface area contributed by atoms with Crippen LogP contribution in [0.15, 0.2) is 18.2 Å². The molecular formula is C14H12ClF3N2OS. The standard InChI is InChI=1S/C14H12ClF3N2OS/c1-7-12(22-8(2)19-7)6-13(21)20-11-4-3-9(15)5-10(11)14(16,17)18/h3-5H,6H2,1-2H3,(H,20,21). The SMILES string of the molecule is Cc1nc(C)c(CC(=O)Nc2ccc(Cl)cc2C(F)(F)F)s1. The Hall–Kier alpha value is -1.60. The van der Waals surface area contributed by atoms with E-state index in [9.17, 15) is 18.0 Å². The van der Waals surface area contributed by atoms with Gasteiger partial charge in [-0.15, -0.1) is 11.3 Å². The predicted molar refractivity (Wildman–Crippen MR) is 80.4 cm³/mol. The topological polar surface area (TPSA) is 42.0 Å². The third-order valence-electron chi connectivity index (χ3n) is 2.88. The lowest BCUT2D eigenvalue weighted by Crippen LogP contribution is -2.18. The lowest BCUT2D eigenvalue weighted by Gasteiger charge is -2.14. The van der Waals surface area contributed by atoms with Crippen LogP contribution in [0.5, 0.6) is 0 Å². The highest BCUT2D eigenvalue weighted by Gasteiger charge is 2.34. The van der Waals surface area contributed by atoms with Gasteiger partial charge >= 0.3 is 6.18 Å². The Kier molecular flexibility index (Phi) is 4.77.